The lowest BCUT2D eigenvalue weighted by Gasteiger charge is -2.26. The third-order valence-corrected chi connectivity index (χ3v) is 5.62. The highest BCUT2D eigenvalue weighted by Crippen LogP contribution is 2.37. The maximum absolute atomic E-state index is 12.5. The quantitative estimate of drug-likeness (QED) is 0.619. The number of carbonyl (C=O) groups is 1. The number of aromatic nitrogens is 1. The molecule has 1 unspecified atom stereocenters. The number of hydrogen-bond donors (Lipinski definition) is 1. The fourth-order valence-corrected chi connectivity index (χ4v) is 4.28. The number of carbonyl (C=O) groups excluding carboxylic acids is 1. The lowest BCUT2D eigenvalue weighted by atomic mass is 9.88. The predicted molar refractivity (Wildman–Crippen MR) is 112 cm³/mol. The number of amides is 1. The number of rotatable bonds is 4. The van der Waals surface area contributed by atoms with Gasteiger partial charge in [-0.2, -0.15) is 0 Å². The lowest BCUT2D eigenvalue weighted by molar-refractivity contribution is -0.123. The van der Waals surface area contributed by atoms with E-state index in [0.717, 1.165) is 30.3 Å². The molecule has 4 rings (SSSR count). The molecule has 0 bridgehead atoms. The Morgan fingerprint density at radius 3 is 2.89 bits per heavy atom. The summed E-state index contributed by atoms with van der Waals surface area (Å²) in [6, 6.07) is 13.6. The molecule has 1 aromatic heterocycles. The Balaban J connectivity index is 1.51. The first kappa shape index (κ1) is 19.0. The van der Waals surface area contributed by atoms with Gasteiger partial charge in [0.15, 0.2) is 12.4 Å². The summed E-state index contributed by atoms with van der Waals surface area (Å²) in [6.07, 6.45) is 3.03. The van der Waals surface area contributed by atoms with Gasteiger partial charge in [0, 0.05) is 11.1 Å². The van der Waals surface area contributed by atoms with Crippen molar-refractivity contribution in [3.8, 4) is 5.75 Å². The minimum Gasteiger partial charge on any atom is -0.480 e. The normalized spacial score (nSPS) is 15.9. The summed E-state index contributed by atoms with van der Waals surface area (Å²) in [4.78, 5) is 17.0. The molecule has 1 heterocycles. The maximum atomic E-state index is 12.5. The van der Waals surface area contributed by atoms with Crippen LogP contribution in [0.5, 0.6) is 5.75 Å². The van der Waals surface area contributed by atoms with Crippen LogP contribution in [0.4, 0.5) is 0 Å². The van der Waals surface area contributed by atoms with Crippen molar-refractivity contribution >= 4 is 40.0 Å². The number of nitrogens with one attached hydrogen (secondary N) is 1. The molecule has 2 aromatic carbocycles. The minimum absolute atomic E-state index is 0.0128. The van der Waals surface area contributed by atoms with Crippen molar-refractivity contribution in [2.45, 2.75) is 32.2 Å². The fraction of sp³-hybridized carbons (Fsp3) is 0.273. The predicted octanol–water partition coefficient (Wildman–Crippen LogP) is 5.42. The molecular weight excluding hydrogens is 395 g/mol. The van der Waals surface area contributed by atoms with Gasteiger partial charge in [-0.25, -0.2) is 4.98 Å². The Hall–Kier alpha value is -2.30. The molecule has 28 heavy (non-hydrogen) atoms. The summed E-state index contributed by atoms with van der Waals surface area (Å²) in [5.74, 6) is 0.192. The van der Waals surface area contributed by atoms with E-state index in [9.17, 15) is 4.79 Å². The van der Waals surface area contributed by atoms with Crippen molar-refractivity contribution in [3.63, 3.8) is 0 Å². The first-order valence-corrected chi connectivity index (χ1v) is 10.0. The van der Waals surface area contributed by atoms with Crippen molar-refractivity contribution in [2.75, 3.05) is 6.61 Å². The molecule has 0 saturated heterocycles. The van der Waals surface area contributed by atoms with Gasteiger partial charge in [0.25, 0.3) is 5.91 Å². The van der Waals surface area contributed by atoms with E-state index in [2.05, 4.69) is 22.4 Å². The second-order valence-electron chi connectivity index (χ2n) is 7.02. The number of pyridine rings is 1. The van der Waals surface area contributed by atoms with Crippen LogP contribution in [-0.2, 0) is 11.2 Å². The summed E-state index contributed by atoms with van der Waals surface area (Å²) >= 11 is 12.6. The SMILES string of the molecule is Cc1ccc2c(Cl)cc(Cl)c(OCC(=O)NC3CCCc4ccccc43)c2n1. The summed E-state index contributed by atoms with van der Waals surface area (Å²) < 4.78 is 5.79. The van der Waals surface area contributed by atoms with Crippen LogP contribution in [0.1, 0.15) is 35.7 Å². The van der Waals surface area contributed by atoms with Crippen LogP contribution < -0.4 is 10.1 Å². The molecule has 1 atom stereocenters. The molecule has 1 aliphatic carbocycles. The molecule has 0 aliphatic heterocycles. The van der Waals surface area contributed by atoms with E-state index in [1.807, 2.05) is 31.2 Å². The van der Waals surface area contributed by atoms with Crippen molar-refractivity contribution in [3.05, 3.63) is 69.3 Å². The van der Waals surface area contributed by atoms with Crippen molar-refractivity contribution in [1.29, 1.82) is 0 Å². The molecule has 1 amide bonds. The van der Waals surface area contributed by atoms with Gasteiger partial charge in [0.1, 0.15) is 5.52 Å². The van der Waals surface area contributed by atoms with Gasteiger partial charge in [0.2, 0.25) is 0 Å². The van der Waals surface area contributed by atoms with Gasteiger partial charge in [-0.05, 0) is 55.5 Å². The zero-order valence-electron chi connectivity index (χ0n) is 15.5. The average molecular weight is 415 g/mol. The molecule has 0 saturated carbocycles. The van der Waals surface area contributed by atoms with E-state index in [-0.39, 0.29) is 18.6 Å². The third-order valence-electron chi connectivity index (χ3n) is 5.03. The van der Waals surface area contributed by atoms with Gasteiger partial charge < -0.3 is 10.1 Å². The lowest BCUT2D eigenvalue weighted by Crippen LogP contribution is -2.34. The first-order chi connectivity index (χ1) is 13.5. The molecule has 0 fully saturated rings. The van der Waals surface area contributed by atoms with Crippen LogP contribution in [0, 0.1) is 6.92 Å². The second kappa shape index (κ2) is 7.98. The van der Waals surface area contributed by atoms with Crippen LogP contribution in [0.3, 0.4) is 0 Å². The zero-order chi connectivity index (χ0) is 19.7. The van der Waals surface area contributed by atoms with Crippen LogP contribution in [-0.4, -0.2) is 17.5 Å². The summed E-state index contributed by atoms with van der Waals surface area (Å²) in [5.41, 5.74) is 3.87. The summed E-state index contributed by atoms with van der Waals surface area (Å²) in [5, 5.41) is 4.67. The number of benzene rings is 2. The van der Waals surface area contributed by atoms with Crippen LogP contribution in [0.15, 0.2) is 42.5 Å². The molecule has 6 heteroatoms. The second-order valence-corrected chi connectivity index (χ2v) is 7.83. The Morgan fingerprint density at radius 1 is 1.21 bits per heavy atom. The molecule has 4 nitrogen and oxygen atoms in total. The molecule has 3 aromatic rings. The molecule has 1 N–H and O–H groups in total. The zero-order valence-corrected chi connectivity index (χ0v) is 17.0. The van der Waals surface area contributed by atoms with E-state index >= 15 is 0 Å². The van der Waals surface area contributed by atoms with E-state index in [4.69, 9.17) is 27.9 Å². The van der Waals surface area contributed by atoms with Crippen LogP contribution in [0.25, 0.3) is 10.9 Å². The monoisotopic (exact) mass is 414 g/mol. The summed E-state index contributed by atoms with van der Waals surface area (Å²) in [6.45, 7) is 1.75. The number of halogens is 2. The molecule has 144 valence electrons. The fourth-order valence-electron chi connectivity index (χ4n) is 3.71. The standard InChI is InChI=1S/C22H20Cl2N2O2/c1-13-9-10-16-17(23)11-18(24)22(21(16)25-13)28-12-20(27)26-19-8-4-6-14-5-2-3-7-15(14)19/h2-3,5,7,9-11,19H,4,6,8,12H2,1H3,(H,26,27). The Bertz CT molecular complexity index is 1050. The first-order valence-electron chi connectivity index (χ1n) is 9.28. The Morgan fingerprint density at radius 2 is 2.04 bits per heavy atom. The van der Waals surface area contributed by atoms with Crippen molar-refractivity contribution in [2.24, 2.45) is 0 Å². The number of ether oxygens (including phenoxy) is 1. The molecule has 0 spiro atoms. The summed E-state index contributed by atoms with van der Waals surface area (Å²) in [7, 11) is 0. The Kier molecular flexibility index (Phi) is 5.42. The van der Waals surface area contributed by atoms with E-state index in [0.29, 0.717) is 21.3 Å². The maximum Gasteiger partial charge on any atom is 0.258 e. The van der Waals surface area contributed by atoms with Gasteiger partial charge in [-0.1, -0.05) is 47.5 Å². The van der Waals surface area contributed by atoms with Gasteiger partial charge >= 0.3 is 0 Å². The van der Waals surface area contributed by atoms with Crippen LogP contribution in [0.2, 0.25) is 10.0 Å². The topological polar surface area (TPSA) is 51.2 Å². The van der Waals surface area contributed by atoms with Gasteiger partial charge in [-0.15, -0.1) is 0 Å². The van der Waals surface area contributed by atoms with Crippen LogP contribution >= 0.6 is 23.2 Å². The number of nitrogens with zero attached hydrogens (tertiary/aromatic N) is 1. The number of aryl methyl sites for hydroxylation is 2. The van der Waals surface area contributed by atoms with Gasteiger partial charge in [0.05, 0.1) is 16.1 Å². The highest BCUT2D eigenvalue weighted by molar-refractivity contribution is 6.39. The number of hydrogen-bond acceptors (Lipinski definition) is 3. The van der Waals surface area contributed by atoms with Crippen molar-refractivity contribution in [1.82, 2.24) is 10.3 Å². The van der Waals surface area contributed by atoms with E-state index in [1.165, 1.54) is 11.1 Å². The third kappa shape index (κ3) is 3.80. The largest absolute Gasteiger partial charge is 0.480 e. The number of fused-ring (bicyclic) bond motifs is 2. The smallest absolute Gasteiger partial charge is 0.258 e. The molecule has 0 radical (unpaired) electrons. The van der Waals surface area contributed by atoms with E-state index in [1.54, 1.807) is 6.07 Å². The van der Waals surface area contributed by atoms with Gasteiger partial charge in [-0.3, -0.25) is 4.79 Å². The van der Waals surface area contributed by atoms with E-state index < -0.39 is 0 Å². The highest BCUT2D eigenvalue weighted by Gasteiger charge is 2.22. The highest BCUT2D eigenvalue weighted by atomic mass is 35.5. The molecule has 1 aliphatic rings. The molecular formula is C22H20Cl2N2O2. The Labute approximate surface area is 173 Å². The van der Waals surface area contributed by atoms with Crippen molar-refractivity contribution < 1.29 is 9.53 Å². The minimum atomic E-state index is -0.187. The average Bonchev–Trinajstić information content (AvgIpc) is 2.68.